The molecular formula is C17H15N5O7S2. The predicted molar refractivity (Wildman–Crippen MR) is 112 cm³/mol. The van der Waals surface area contributed by atoms with Crippen LogP contribution in [0.1, 0.15) is 0 Å². The number of hydrogen-bond donors (Lipinski definition) is 5. The highest BCUT2D eigenvalue weighted by molar-refractivity contribution is 7.86. The van der Waals surface area contributed by atoms with Crippen LogP contribution < -0.4 is 16.8 Å². The number of rotatable bonds is 5. The van der Waals surface area contributed by atoms with Gasteiger partial charge in [-0.05, 0) is 41.8 Å². The molecule has 0 aromatic heterocycles. The van der Waals surface area contributed by atoms with Gasteiger partial charge in [0.05, 0.1) is 5.69 Å². The number of urea groups is 1. The van der Waals surface area contributed by atoms with Crippen molar-refractivity contribution in [1.29, 1.82) is 0 Å². The molecule has 7 N–H and O–H groups in total. The third kappa shape index (κ3) is 4.95. The average molecular weight is 465 g/mol. The number of nitrogen functional groups attached to an aromatic ring is 1. The lowest BCUT2D eigenvalue weighted by Gasteiger charge is -2.09. The highest BCUT2D eigenvalue weighted by Gasteiger charge is 2.21. The predicted octanol–water partition coefficient (Wildman–Crippen LogP) is 2.82. The molecule has 2 amide bonds. The fourth-order valence-corrected chi connectivity index (χ4v) is 4.10. The van der Waals surface area contributed by atoms with Gasteiger partial charge in [-0.25, -0.2) is 4.79 Å². The van der Waals surface area contributed by atoms with E-state index in [2.05, 4.69) is 15.5 Å². The number of azo groups is 1. The minimum absolute atomic E-state index is 0.0393. The van der Waals surface area contributed by atoms with Gasteiger partial charge in [0, 0.05) is 11.1 Å². The lowest BCUT2D eigenvalue weighted by Crippen LogP contribution is -2.19. The first kappa shape index (κ1) is 22.1. The van der Waals surface area contributed by atoms with Gasteiger partial charge < -0.3 is 16.8 Å². The molecule has 0 heterocycles. The number of nitrogens with one attached hydrogen (secondary N) is 1. The minimum Gasteiger partial charge on any atom is -0.399 e. The van der Waals surface area contributed by atoms with Crippen LogP contribution in [-0.4, -0.2) is 32.0 Å². The standard InChI is InChI=1S/C17H15N5O7S2/c18-10-4-5-12(13(7-10)20-17(19)23)21-22-14-8-11-9(6-16(14)31(27,28)29)2-1-3-15(11)30(24,25)26/h1-8H,18H2,(H3,19,20,23)(H,24,25,26)(H,27,28,29). The Morgan fingerprint density at radius 2 is 1.52 bits per heavy atom. The average Bonchev–Trinajstić information content (AvgIpc) is 2.64. The number of nitrogens with zero attached hydrogens (tertiary/aromatic N) is 2. The molecule has 0 saturated carbocycles. The molecule has 0 aliphatic heterocycles. The second-order valence-corrected chi connectivity index (χ2v) is 8.99. The number of fused-ring (bicyclic) bond motifs is 1. The van der Waals surface area contributed by atoms with Crippen LogP contribution in [0.3, 0.4) is 0 Å². The Kier molecular flexibility index (Phi) is 5.64. The van der Waals surface area contributed by atoms with Gasteiger partial charge in [0.25, 0.3) is 20.2 Å². The number of primary amides is 1. The third-order valence-electron chi connectivity index (χ3n) is 4.02. The topological polar surface area (TPSA) is 215 Å². The molecular weight excluding hydrogens is 450 g/mol. The SMILES string of the molecule is NC(=O)Nc1cc(N)ccc1N=Nc1cc2c(S(=O)(=O)O)cccc2cc1S(=O)(=O)O. The van der Waals surface area contributed by atoms with E-state index in [1.54, 1.807) is 0 Å². The smallest absolute Gasteiger partial charge is 0.316 e. The molecule has 0 bridgehead atoms. The Labute approximate surface area is 176 Å². The van der Waals surface area contributed by atoms with E-state index in [0.717, 1.165) is 18.2 Å². The lowest BCUT2D eigenvalue weighted by molar-refractivity contribution is 0.259. The largest absolute Gasteiger partial charge is 0.399 e. The summed E-state index contributed by atoms with van der Waals surface area (Å²) in [6, 6.07) is 9.01. The van der Waals surface area contributed by atoms with Crippen LogP contribution in [0.2, 0.25) is 0 Å². The molecule has 31 heavy (non-hydrogen) atoms. The van der Waals surface area contributed by atoms with Crippen LogP contribution in [0.4, 0.5) is 27.5 Å². The van der Waals surface area contributed by atoms with Crippen LogP contribution in [0, 0.1) is 0 Å². The van der Waals surface area contributed by atoms with E-state index in [1.165, 1.54) is 30.3 Å². The minimum atomic E-state index is -4.79. The number of hydrogen-bond acceptors (Lipinski definition) is 8. The van der Waals surface area contributed by atoms with Crippen LogP contribution in [-0.2, 0) is 20.2 Å². The fraction of sp³-hybridized carbons (Fsp3) is 0. The van der Waals surface area contributed by atoms with Crippen molar-refractivity contribution in [1.82, 2.24) is 0 Å². The third-order valence-corrected chi connectivity index (χ3v) is 5.81. The van der Waals surface area contributed by atoms with E-state index in [0.29, 0.717) is 0 Å². The quantitative estimate of drug-likeness (QED) is 0.214. The molecule has 0 aliphatic carbocycles. The monoisotopic (exact) mass is 465 g/mol. The molecule has 3 aromatic carbocycles. The number of anilines is 2. The Morgan fingerprint density at radius 1 is 0.871 bits per heavy atom. The van der Waals surface area contributed by atoms with Crippen molar-refractivity contribution in [3.05, 3.63) is 48.5 Å². The summed E-state index contributed by atoms with van der Waals surface area (Å²) >= 11 is 0. The summed E-state index contributed by atoms with van der Waals surface area (Å²) in [6.45, 7) is 0. The molecule has 0 radical (unpaired) electrons. The molecule has 0 fully saturated rings. The van der Waals surface area contributed by atoms with Crippen LogP contribution >= 0.6 is 0 Å². The van der Waals surface area contributed by atoms with Crippen LogP contribution in [0.5, 0.6) is 0 Å². The Morgan fingerprint density at radius 3 is 2.13 bits per heavy atom. The Balaban J connectivity index is 2.25. The summed E-state index contributed by atoms with van der Waals surface area (Å²) in [7, 11) is -9.43. The van der Waals surface area contributed by atoms with Gasteiger partial charge in [-0.2, -0.15) is 16.8 Å². The van der Waals surface area contributed by atoms with E-state index in [4.69, 9.17) is 11.5 Å². The van der Waals surface area contributed by atoms with E-state index in [-0.39, 0.29) is 27.8 Å². The van der Waals surface area contributed by atoms with Crippen molar-refractivity contribution in [2.45, 2.75) is 9.79 Å². The number of nitrogens with two attached hydrogens (primary N) is 2. The van der Waals surface area contributed by atoms with Crippen LogP contribution in [0.15, 0.2) is 68.6 Å². The first-order valence-corrected chi connectivity index (χ1v) is 11.1. The summed E-state index contributed by atoms with van der Waals surface area (Å²) in [5.41, 5.74) is 10.7. The summed E-state index contributed by atoms with van der Waals surface area (Å²) in [5.74, 6) is 0. The maximum absolute atomic E-state index is 11.8. The molecule has 0 saturated heterocycles. The van der Waals surface area contributed by atoms with Gasteiger partial charge in [-0.3, -0.25) is 9.11 Å². The summed E-state index contributed by atoms with van der Waals surface area (Å²) in [5, 5.41) is 9.97. The molecule has 12 nitrogen and oxygen atoms in total. The van der Waals surface area contributed by atoms with E-state index in [1.807, 2.05) is 0 Å². The molecule has 3 aromatic rings. The lowest BCUT2D eigenvalue weighted by atomic mass is 10.1. The maximum atomic E-state index is 11.8. The zero-order chi connectivity index (χ0) is 23.0. The molecule has 14 heteroatoms. The van der Waals surface area contributed by atoms with Gasteiger partial charge >= 0.3 is 6.03 Å². The summed E-state index contributed by atoms with van der Waals surface area (Å²) in [6.07, 6.45) is 0. The van der Waals surface area contributed by atoms with Crippen molar-refractivity contribution in [2.75, 3.05) is 11.1 Å². The molecule has 0 unspecified atom stereocenters. The Bertz CT molecular complexity index is 1450. The van der Waals surface area contributed by atoms with Crippen LogP contribution in [0.25, 0.3) is 10.8 Å². The highest BCUT2D eigenvalue weighted by Crippen LogP contribution is 2.35. The molecule has 162 valence electrons. The molecule has 0 spiro atoms. The zero-order valence-corrected chi connectivity index (χ0v) is 17.1. The van der Waals surface area contributed by atoms with Crippen molar-refractivity contribution in [3.63, 3.8) is 0 Å². The summed E-state index contributed by atoms with van der Waals surface area (Å²) in [4.78, 5) is 10.0. The number of benzene rings is 3. The van der Waals surface area contributed by atoms with Gasteiger partial charge in [-0.1, -0.05) is 12.1 Å². The van der Waals surface area contributed by atoms with Crippen molar-refractivity contribution >= 4 is 59.8 Å². The molecule has 0 aliphatic rings. The fourth-order valence-electron chi connectivity index (χ4n) is 2.76. The van der Waals surface area contributed by atoms with Gasteiger partial charge in [0.2, 0.25) is 0 Å². The second-order valence-electron chi connectivity index (χ2n) is 6.21. The van der Waals surface area contributed by atoms with Gasteiger partial charge in [-0.15, -0.1) is 10.2 Å². The number of carbonyl (C=O) groups is 1. The van der Waals surface area contributed by atoms with Crippen molar-refractivity contribution in [2.24, 2.45) is 16.0 Å². The van der Waals surface area contributed by atoms with Gasteiger partial charge in [0.15, 0.2) is 0 Å². The highest BCUT2D eigenvalue weighted by atomic mass is 32.2. The normalized spacial score (nSPS) is 12.3. The van der Waals surface area contributed by atoms with Crippen molar-refractivity contribution < 1.29 is 30.7 Å². The summed E-state index contributed by atoms with van der Waals surface area (Å²) < 4.78 is 66.1. The molecule has 0 atom stereocenters. The first-order valence-electron chi connectivity index (χ1n) is 8.26. The van der Waals surface area contributed by atoms with E-state index in [9.17, 15) is 30.7 Å². The van der Waals surface area contributed by atoms with Crippen molar-refractivity contribution in [3.8, 4) is 0 Å². The first-order chi connectivity index (χ1) is 14.4. The zero-order valence-electron chi connectivity index (χ0n) is 15.4. The number of amides is 2. The molecule has 3 rings (SSSR count). The second kappa shape index (κ2) is 7.92. The van der Waals surface area contributed by atoms with E-state index < -0.39 is 41.7 Å². The van der Waals surface area contributed by atoms with E-state index >= 15 is 0 Å². The maximum Gasteiger partial charge on any atom is 0.316 e. The van der Waals surface area contributed by atoms with Gasteiger partial charge in [0.1, 0.15) is 21.2 Å². The Hall–Kier alpha value is -3.59. The number of carbonyl (C=O) groups excluding carboxylic acids is 1.